The largest absolute Gasteiger partial charge is 0.469 e. The van der Waals surface area contributed by atoms with Crippen molar-refractivity contribution >= 4 is 11.8 Å². The van der Waals surface area contributed by atoms with Crippen molar-refractivity contribution in [2.45, 2.75) is 84.7 Å². The highest BCUT2D eigenvalue weighted by atomic mass is 16.5. The maximum atomic E-state index is 13.4. The van der Waals surface area contributed by atoms with Gasteiger partial charge in [0.05, 0.1) is 13.2 Å². The molecule has 0 bridgehead atoms. The predicted molar refractivity (Wildman–Crippen MR) is 107 cm³/mol. The molecular formula is C24H38O4. The summed E-state index contributed by atoms with van der Waals surface area (Å²) >= 11 is 0. The van der Waals surface area contributed by atoms with E-state index in [-0.39, 0.29) is 28.8 Å². The molecule has 0 heterocycles. The third kappa shape index (κ3) is 2.97. The zero-order valence-electron chi connectivity index (χ0n) is 18.1. The number of aliphatic hydroxyl groups is 1. The van der Waals surface area contributed by atoms with Crippen molar-refractivity contribution in [3.05, 3.63) is 0 Å². The van der Waals surface area contributed by atoms with E-state index in [1.54, 1.807) is 0 Å². The highest BCUT2D eigenvalue weighted by molar-refractivity contribution is 5.83. The first kappa shape index (κ1) is 20.4. The highest BCUT2D eigenvalue weighted by Gasteiger charge is 2.63. The Kier molecular flexibility index (Phi) is 5.17. The fourth-order valence-corrected chi connectivity index (χ4v) is 8.37. The van der Waals surface area contributed by atoms with Crippen LogP contribution < -0.4 is 0 Å². The minimum atomic E-state index is -0.216. The summed E-state index contributed by atoms with van der Waals surface area (Å²) in [6.07, 6.45) is 8.29. The van der Waals surface area contributed by atoms with Crippen LogP contribution in [0.25, 0.3) is 0 Å². The van der Waals surface area contributed by atoms with Crippen molar-refractivity contribution in [3.63, 3.8) is 0 Å². The molecule has 4 fully saturated rings. The molecule has 28 heavy (non-hydrogen) atoms. The zero-order chi connectivity index (χ0) is 20.3. The van der Waals surface area contributed by atoms with Gasteiger partial charge >= 0.3 is 5.97 Å². The second-order valence-electron chi connectivity index (χ2n) is 11.0. The number of rotatable bonds is 3. The van der Waals surface area contributed by atoms with E-state index in [4.69, 9.17) is 4.74 Å². The van der Waals surface area contributed by atoms with Gasteiger partial charge in [-0.15, -0.1) is 0 Å². The number of ether oxygens (including phenoxy) is 1. The molecule has 0 aromatic heterocycles. The van der Waals surface area contributed by atoms with E-state index in [0.717, 1.165) is 38.5 Å². The molecule has 9 unspecified atom stereocenters. The lowest BCUT2D eigenvalue weighted by Crippen LogP contribution is -2.57. The fourth-order valence-electron chi connectivity index (χ4n) is 8.37. The third-order valence-electron chi connectivity index (χ3n) is 9.92. The molecule has 4 heteroatoms. The van der Waals surface area contributed by atoms with Gasteiger partial charge in [0.25, 0.3) is 0 Å². The number of methoxy groups -OCH3 is 1. The Morgan fingerprint density at radius 2 is 1.82 bits per heavy atom. The summed E-state index contributed by atoms with van der Waals surface area (Å²) in [5.41, 5.74) is 0.385. The first-order valence-corrected chi connectivity index (χ1v) is 11.5. The second kappa shape index (κ2) is 7.11. The molecule has 4 rings (SSSR count). The Bertz CT molecular complexity index is 645. The normalized spacial score (nSPS) is 49.0. The molecule has 9 atom stereocenters. The first-order valence-electron chi connectivity index (χ1n) is 11.5. The number of esters is 1. The van der Waals surface area contributed by atoms with Gasteiger partial charge in [-0.1, -0.05) is 20.8 Å². The average molecular weight is 391 g/mol. The van der Waals surface area contributed by atoms with E-state index >= 15 is 0 Å². The standard InChI is InChI=1S/C24H38O4/c1-14(11-21(27)28-4)17-5-6-18-22-19(8-10-24(17,18)3)23(2)9-7-16(25)12-15(23)13-20(22)26/h14-19,22,25H,5-13H2,1-4H3. The molecule has 158 valence electrons. The van der Waals surface area contributed by atoms with Gasteiger partial charge in [-0.05, 0) is 85.4 Å². The fraction of sp³-hybridized carbons (Fsp3) is 0.917. The molecule has 0 amide bonds. The third-order valence-corrected chi connectivity index (χ3v) is 9.92. The summed E-state index contributed by atoms with van der Waals surface area (Å²) in [6.45, 7) is 7.03. The van der Waals surface area contributed by atoms with Crippen molar-refractivity contribution in [1.82, 2.24) is 0 Å². The monoisotopic (exact) mass is 390 g/mol. The molecule has 0 aromatic rings. The lowest BCUT2D eigenvalue weighted by molar-refractivity contribution is -0.161. The van der Waals surface area contributed by atoms with Crippen LogP contribution in [0.1, 0.15) is 78.6 Å². The average Bonchev–Trinajstić information content (AvgIpc) is 3.00. The van der Waals surface area contributed by atoms with Crippen LogP contribution in [0.2, 0.25) is 0 Å². The van der Waals surface area contributed by atoms with E-state index in [1.165, 1.54) is 13.5 Å². The molecule has 0 aliphatic heterocycles. The Morgan fingerprint density at radius 1 is 1.14 bits per heavy atom. The lowest BCUT2D eigenvalue weighted by atomic mass is 9.44. The van der Waals surface area contributed by atoms with E-state index in [1.807, 2.05) is 0 Å². The maximum Gasteiger partial charge on any atom is 0.305 e. The molecule has 0 saturated heterocycles. The quantitative estimate of drug-likeness (QED) is 0.726. The van der Waals surface area contributed by atoms with Crippen molar-refractivity contribution < 1.29 is 19.4 Å². The van der Waals surface area contributed by atoms with Gasteiger partial charge < -0.3 is 9.84 Å². The number of ketones is 1. The number of aliphatic hydroxyl groups excluding tert-OH is 1. The highest BCUT2D eigenvalue weighted by Crippen LogP contribution is 2.67. The number of carbonyl (C=O) groups excluding carboxylic acids is 2. The number of carbonyl (C=O) groups is 2. The molecule has 4 saturated carbocycles. The predicted octanol–water partition coefficient (Wildman–Crippen LogP) is 4.38. The summed E-state index contributed by atoms with van der Waals surface area (Å²) in [6, 6.07) is 0. The minimum absolute atomic E-state index is 0.113. The molecule has 4 aliphatic carbocycles. The minimum Gasteiger partial charge on any atom is -0.469 e. The molecule has 0 radical (unpaired) electrons. The van der Waals surface area contributed by atoms with Crippen LogP contribution >= 0.6 is 0 Å². The topological polar surface area (TPSA) is 63.6 Å². The van der Waals surface area contributed by atoms with Crippen molar-refractivity contribution in [1.29, 1.82) is 0 Å². The van der Waals surface area contributed by atoms with Crippen molar-refractivity contribution in [2.75, 3.05) is 7.11 Å². The molecule has 0 aromatic carbocycles. The molecule has 1 N–H and O–H groups in total. The van der Waals surface area contributed by atoms with Crippen LogP contribution in [0.15, 0.2) is 0 Å². The van der Waals surface area contributed by atoms with Gasteiger partial charge in [0.1, 0.15) is 5.78 Å². The Labute approximate surface area is 169 Å². The zero-order valence-corrected chi connectivity index (χ0v) is 18.1. The second-order valence-corrected chi connectivity index (χ2v) is 11.0. The van der Waals surface area contributed by atoms with Gasteiger partial charge in [-0.3, -0.25) is 9.59 Å². The van der Waals surface area contributed by atoms with Gasteiger partial charge in [0.2, 0.25) is 0 Å². The number of fused-ring (bicyclic) bond motifs is 5. The Hall–Kier alpha value is -0.900. The van der Waals surface area contributed by atoms with Crippen LogP contribution in [0.4, 0.5) is 0 Å². The van der Waals surface area contributed by atoms with Crippen molar-refractivity contribution in [3.8, 4) is 0 Å². The Morgan fingerprint density at radius 3 is 2.54 bits per heavy atom. The molecule has 4 nitrogen and oxygen atoms in total. The van der Waals surface area contributed by atoms with Crippen LogP contribution in [0.3, 0.4) is 0 Å². The summed E-state index contributed by atoms with van der Waals surface area (Å²) in [5.74, 6) is 2.69. The van der Waals surface area contributed by atoms with E-state index in [2.05, 4.69) is 20.8 Å². The van der Waals surface area contributed by atoms with E-state index in [9.17, 15) is 14.7 Å². The molecular weight excluding hydrogens is 352 g/mol. The van der Waals surface area contributed by atoms with Gasteiger partial charge in [-0.2, -0.15) is 0 Å². The smallest absolute Gasteiger partial charge is 0.305 e. The molecule has 4 aliphatic rings. The van der Waals surface area contributed by atoms with Crippen LogP contribution in [0.5, 0.6) is 0 Å². The van der Waals surface area contributed by atoms with Crippen LogP contribution in [0, 0.1) is 46.3 Å². The SMILES string of the molecule is COC(=O)CC(C)C1CCC2C3C(=O)CC4CC(O)CCC4(C)C3CCC12C. The first-order chi connectivity index (χ1) is 13.2. The van der Waals surface area contributed by atoms with Gasteiger partial charge in [-0.25, -0.2) is 0 Å². The van der Waals surface area contributed by atoms with E-state index < -0.39 is 0 Å². The van der Waals surface area contributed by atoms with Crippen molar-refractivity contribution in [2.24, 2.45) is 46.3 Å². The van der Waals surface area contributed by atoms with Gasteiger partial charge in [0.15, 0.2) is 0 Å². The number of hydrogen-bond donors (Lipinski definition) is 1. The number of hydrogen-bond acceptors (Lipinski definition) is 4. The maximum absolute atomic E-state index is 13.4. The van der Waals surface area contributed by atoms with Gasteiger partial charge in [0, 0.05) is 18.8 Å². The lowest BCUT2D eigenvalue weighted by Gasteiger charge is -2.60. The van der Waals surface area contributed by atoms with Crippen LogP contribution in [-0.4, -0.2) is 30.1 Å². The summed E-state index contributed by atoms with van der Waals surface area (Å²) in [4.78, 5) is 25.2. The Balaban J connectivity index is 1.58. The summed E-state index contributed by atoms with van der Waals surface area (Å²) < 4.78 is 4.92. The summed E-state index contributed by atoms with van der Waals surface area (Å²) in [5, 5.41) is 10.2. The molecule has 0 spiro atoms. The van der Waals surface area contributed by atoms with E-state index in [0.29, 0.717) is 48.2 Å². The number of Topliss-reactive ketones (excluding diaryl/α,β-unsaturated/α-hetero) is 1. The summed E-state index contributed by atoms with van der Waals surface area (Å²) in [7, 11) is 1.47. The van der Waals surface area contributed by atoms with Crippen LogP contribution in [-0.2, 0) is 14.3 Å².